The van der Waals surface area contributed by atoms with Crippen molar-refractivity contribution in [1.29, 1.82) is 0 Å². The SMILES string of the molecule is NC1CN(c2cc(Cl)c(Cl)cc2Cl)C1=O. The van der Waals surface area contributed by atoms with Crippen molar-refractivity contribution in [1.82, 2.24) is 0 Å². The van der Waals surface area contributed by atoms with Gasteiger partial charge in [-0.3, -0.25) is 4.79 Å². The summed E-state index contributed by atoms with van der Waals surface area (Å²) in [5, 5.41) is 1.12. The minimum atomic E-state index is -0.435. The largest absolute Gasteiger partial charge is 0.318 e. The molecule has 1 aliphatic heterocycles. The van der Waals surface area contributed by atoms with Gasteiger partial charge in [0, 0.05) is 0 Å². The number of nitrogens with two attached hydrogens (primary N) is 1. The van der Waals surface area contributed by atoms with Crippen LogP contribution in [0.5, 0.6) is 0 Å². The molecule has 0 aliphatic carbocycles. The lowest BCUT2D eigenvalue weighted by Crippen LogP contribution is -2.61. The molecule has 1 heterocycles. The summed E-state index contributed by atoms with van der Waals surface area (Å²) in [5.74, 6) is -0.157. The molecule has 1 saturated heterocycles. The summed E-state index contributed by atoms with van der Waals surface area (Å²) in [6.45, 7) is 0.455. The van der Waals surface area contributed by atoms with Gasteiger partial charge in [-0.2, -0.15) is 0 Å². The van der Waals surface area contributed by atoms with Gasteiger partial charge in [0.2, 0.25) is 5.91 Å². The Balaban J connectivity index is 2.37. The lowest BCUT2D eigenvalue weighted by Gasteiger charge is -2.36. The Morgan fingerprint density at radius 2 is 1.80 bits per heavy atom. The van der Waals surface area contributed by atoms with E-state index in [1.165, 1.54) is 11.0 Å². The second-order valence-electron chi connectivity index (χ2n) is 3.27. The maximum absolute atomic E-state index is 11.4. The van der Waals surface area contributed by atoms with Crippen LogP contribution < -0.4 is 10.6 Å². The highest BCUT2D eigenvalue weighted by Gasteiger charge is 2.35. The second-order valence-corrected chi connectivity index (χ2v) is 4.49. The number of carbonyl (C=O) groups is 1. The van der Waals surface area contributed by atoms with Crippen molar-refractivity contribution in [3.63, 3.8) is 0 Å². The van der Waals surface area contributed by atoms with E-state index in [1.54, 1.807) is 6.07 Å². The highest BCUT2D eigenvalue weighted by atomic mass is 35.5. The summed E-state index contributed by atoms with van der Waals surface area (Å²) in [6.07, 6.45) is 0. The fourth-order valence-electron chi connectivity index (χ4n) is 1.39. The number of rotatable bonds is 1. The van der Waals surface area contributed by atoms with E-state index < -0.39 is 6.04 Å². The third-order valence-electron chi connectivity index (χ3n) is 2.24. The molecule has 1 fully saturated rings. The zero-order valence-corrected chi connectivity index (χ0v) is 9.77. The molecule has 0 bridgehead atoms. The summed E-state index contributed by atoms with van der Waals surface area (Å²) in [7, 11) is 0. The number of nitrogens with zero attached hydrogens (tertiary/aromatic N) is 1. The van der Waals surface area contributed by atoms with Crippen LogP contribution in [0, 0.1) is 0 Å². The Kier molecular flexibility index (Phi) is 2.81. The van der Waals surface area contributed by atoms with Crippen LogP contribution in [-0.4, -0.2) is 18.5 Å². The number of amides is 1. The van der Waals surface area contributed by atoms with Crippen LogP contribution in [0.4, 0.5) is 5.69 Å². The van der Waals surface area contributed by atoms with Gasteiger partial charge in [0.05, 0.1) is 27.3 Å². The maximum Gasteiger partial charge on any atom is 0.245 e. The lowest BCUT2D eigenvalue weighted by atomic mass is 10.1. The Morgan fingerprint density at radius 1 is 1.20 bits per heavy atom. The van der Waals surface area contributed by atoms with Gasteiger partial charge in [-0.25, -0.2) is 0 Å². The molecule has 1 unspecified atom stereocenters. The first-order valence-corrected chi connectivity index (χ1v) is 5.35. The molecule has 3 nitrogen and oxygen atoms in total. The molecule has 6 heteroatoms. The van der Waals surface area contributed by atoms with Crippen molar-refractivity contribution in [2.24, 2.45) is 5.73 Å². The van der Waals surface area contributed by atoms with Gasteiger partial charge in [-0.15, -0.1) is 0 Å². The van der Waals surface area contributed by atoms with Gasteiger partial charge < -0.3 is 10.6 Å². The van der Waals surface area contributed by atoms with Crippen molar-refractivity contribution >= 4 is 46.4 Å². The van der Waals surface area contributed by atoms with Gasteiger partial charge in [-0.05, 0) is 12.1 Å². The standard InChI is InChI=1S/C9H7Cl3N2O/c10-4-1-6(12)8(2-5(4)11)14-3-7(13)9(14)15/h1-2,7H,3,13H2. The normalized spacial score (nSPS) is 20.4. The molecular weight excluding hydrogens is 258 g/mol. The Hall–Kier alpha value is -0.480. The quantitative estimate of drug-likeness (QED) is 0.626. The molecule has 1 aromatic carbocycles. The number of hydrogen-bond acceptors (Lipinski definition) is 2. The van der Waals surface area contributed by atoms with Crippen LogP contribution in [0.2, 0.25) is 15.1 Å². The fourth-order valence-corrected chi connectivity index (χ4v) is 2.03. The topological polar surface area (TPSA) is 46.3 Å². The van der Waals surface area contributed by atoms with Gasteiger partial charge >= 0.3 is 0 Å². The van der Waals surface area contributed by atoms with Crippen LogP contribution in [0.15, 0.2) is 12.1 Å². The zero-order valence-electron chi connectivity index (χ0n) is 7.51. The molecule has 80 valence electrons. The highest BCUT2D eigenvalue weighted by molar-refractivity contribution is 6.44. The van der Waals surface area contributed by atoms with Gasteiger partial charge in [-0.1, -0.05) is 34.8 Å². The van der Waals surface area contributed by atoms with Crippen molar-refractivity contribution in [2.75, 3.05) is 11.4 Å². The number of carbonyl (C=O) groups excluding carboxylic acids is 1. The summed E-state index contributed by atoms with van der Waals surface area (Å²) in [5.41, 5.74) is 6.03. The first kappa shape index (κ1) is 11.0. The van der Waals surface area contributed by atoms with Crippen LogP contribution in [0.1, 0.15) is 0 Å². The predicted octanol–water partition coefficient (Wildman–Crippen LogP) is 2.32. The number of β-lactam (4-membered cyclic amide) rings is 1. The van der Waals surface area contributed by atoms with Crippen LogP contribution in [0.3, 0.4) is 0 Å². The zero-order chi connectivity index (χ0) is 11.2. The van der Waals surface area contributed by atoms with E-state index >= 15 is 0 Å². The molecule has 2 N–H and O–H groups in total. The van der Waals surface area contributed by atoms with Crippen molar-refractivity contribution < 1.29 is 4.79 Å². The van der Waals surface area contributed by atoms with E-state index in [-0.39, 0.29) is 5.91 Å². The minimum absolute atomic E-state index is 0.157. The molecule has 1 aliphatic rings. The Bertz CT molecular complexity index is 436. The number of hydrogen-bond donors (Lipinski definition) is 1. The number of benzene rings is 1. The maximum atomic E-state index is 11.4. The van der Waals surface area contributed by atoms with E-state index in [1.807, 2.05) is 0 Å². The summed E-state index contributed by atoms with van der Waals surface area (Å²) < 4.78 is 0. The molecule has 1 aromatic rings. The lowest BCUT2D eigenvalue weighted by molar-refractivity contribution is -0.123. The van der Waals surface area contributed by atoms with Gasteiger partial charge in [0.1, 0.15) is 6.04 Å². The molecule has 15 heavy (non-hydrogen) atoms. The average molecular weight is 266 g/mol. The molecule has 0 radical (unpaired) electrons. The van der Waals surface area contributed by atoms with E-state index in [9.17, 15) is 4.79 Å². The van der Waals surface area contributed by atoms with Crippen LogP contribution in [0.25, 0.3) is 0 Å². The monoisotopic (exact) mass is 264 g/mol. The summed E-state index contributed by atoms with van der Waals surface area (Å²) in [6, 6.07) is 2.64. The second kappa shape index (κ2) is 3.83. The van der Waals surface area contributed by atoms with Crippen LogP contribution >= 0.6 is 34.8 Å². The van der Waals surface area contributed by atoms with Gasteiger partial charge in [0.25, 0.3) is 0 Å². The molecular formula is C9H7Cl3N2O. The van der Waals surface area contributed by atoms with E-state index in [0.717, 1.165) is 0 Å². The Labute approximate surface area is 102 Å². The molecule has 0 spiro atoms. The molecule has 1 atom stereocenters. The Morgan fingerprint density at radius 3 is 2.33 bits per heavy atom. The first-order valence-electron chi connectivity index (χ1n) is 4.22. The molecule has 2 rings (SSSR count). The average Bonchev–Trinajstić information content (AvgIpc) is 2.20. The van der Waals surface area contributed by atoms with Crippen molar-refractivity contribution in [3.05, 3.63) is 27.2 Å². The molecule has 0 aromatic heterocycles. The number of anilines is 1. The highest BCUT2D eigenvalue weighted by Crippen LogP contribution is 2.36. The van der Waals surface area contributed by atoms with Gasteiger partial charge in [0.15, 0.2) is 0 Å². The van der Waals surface area contributed by atoms with E-state index in [4.69, 9.17) is 40.5 Å². The minimum Gasteiger partial charge on any atom is -0.318 e. The fraction of sp³-hybridized carbons (Fsp3) is 0.222. The molecule has 1 amide bonds. The third kappa shape index (κ3) is 1.81. The summed E-state index contributed by atoms with van der Waals surface area (Å²) in [4.78, 5) is 12.9. The smallest absolute Gasteiger partial charge is 0.245 e. The third-order valence-corrected chi connectivity index (χ3v) is 3.27. The first-order chi connectivity index (χ1) is 7.00. The molecule has 0 saturated carbocycles. The van der Waals surface area contributed by atoms with E-state index in [0.29, 0.717) is 27.3 Å². The van der Waals surface area contributed by atoms with Crippen LogP contribution in [-0.2, 0) is 4.79 Å². The van der Waals surface area contributed by atoms with E-state index in [2.05, 4.69) is 0 Å². The summed E-state index contributed by atoms with van der Waals surface area (Å²) >= 11 is 17.6. The van der Waals surface area contributed by atoms with Crippen molar-refractivity contribution in [2.45, 2.75) is 6.04 Å². The predicted molar refractivity (Wildman–Crippen MR) is 61.8 cm³/mol. The van der Waals surface area contributed by atoms with Crippen molar-refractivity contribution in [3.8, 4) is 0 Å². The number of halogens is 3.